The van der Waals surface area contributed by atoms with Gasteiger partial charge in [0.15, 0.2) is 11.6 Å². The van der Waals surface area contributed by atoms with E-state index in [2.05, 4.69) is 24.0 Å². The van der Waals surface area contributed by atoms with Gasteiger partial charge in [0.05, 0.1) is 6.61 Å². The van der Waals surface area contributed by atoms with Gasteiger partial charge in [0, 0.05) is 5.92 Å². The number of nitrogens with zero attached hydrogens (tertiary/aromatic N) is 2. The van der Waals surface area contributed by atoms with Crippen LogP contribution in [-0.2, 0) is 0 Å². The van der Waals surface area contributed by atoms with Gasteiger partial charge >= 0.3 is 0 Å². The molecule has 0 saturated carbocycles. The lowest BCUT2D eigenvalue weighted by Gasteiger charge is -2.18. The normalized spacial score (nSPS) is 13.4. The Morgan fingerprint density at radius 3 is 2.40 bits per heavy atom. The summed E-state index contributed by atoms with van der Waals surface area (Å²) in [7, 11) is 0. The summed E-state index contributed by atoms with van der Waals surface area (Å²) in [6, 6.07) is 3.26. The molecule has 2 aromatic rings. The van der Waals surface area contributed by atoms with E-state index in [-0.39, 0.29) is 11.7 Å². The highest BCUT2D eigenvalue weighted by Crippen LogP contribution is 2.34. The topological polar surface area (TPSA) is 35.0 Å². The molecule has 0 bridgehead atoms. The van der Waals surface area contributed by atoms with Gasteiger partial charge in [0.2, 0.25) is 5.82 Å². The molecule has 0 amide bonds. The molecule has 2 atom stereocenters. The fourth-order valence-electron chi connectivity index (χ4n) is 3.81. The molecule has 0 aliphatic carbocycles. The molecule has 2 unspecified atom stereocenters. The lowest BCUT2D eigenvalue weighted by molar-refractivity contribution is 0.284. The fraction of sp³-hybridized carbons (Fsp3) is 0.667. The highest BCUT2D eigenvalue weighted by molar-refractivity contribution is 7.09. The third-order valence-corrected chi connectivity index (χ3v) is 6.53. The number of ether oxygens (including phenoxy) is 1. The Hall–Kier alpha value is -1.56. The van der Waals surface area contributed by atoms with Gasteiger partial charge in [-0.2, -0.15) is 4.39 Å². The maximum absolute atomic E-state index is 14.7. The lowest BCUT2D eigenvalue weighted by atomic mass is 9.89. The second kappa shape index (κ2) is 13.7. The van der Waals surface area contributed by atoms with Gasteiger partial charge in [-0.25, -0.2) is 4.39 Å². The molecule has 0 spiro atoms. The van der Waals surface area contributed by atoms with E-state index in [0.29, 0.717) is 18.1 Å². The van der Waals surface area contributed by atoms with Crippen LogP contribution in [0.1, 0.15) is 107 Å². The second-order valence-electron chi connectivity index (χ2n) is 8.14. The smallest absolute Gasteiger partial charge is 0.200 e. The van der Waals surface area contributed by atoms with Crippen LogP contribution in [-0.4, -0.2) is 16.8 Å². The van der Waals surface area contributed by atoms with Crippen molar-refractivity contribution < 1.29 is 13.5 Å². The summed E-state index contributed by atoms with van der Waals surface area (Å²) in [5, 5.41) is 9.18. The molecule has 6 heteroatoms. The van der Waals surface area contributed by atoms with E-state index >= 15 is 0 Å². The molecule has 1 aromatic carbocycles. The summed E-state index contributed by atoms with van der Waals surface area (Å²) < 4.78 is 34.7. The second-order valence-corrected chi connectivity index (χ2v) is 9.00. The standard InChI is InChI=1S/C24H36F2N2OS/c1-4-6-7-8-9-10-16-29-21-15-14-20(22(25)23(21)26)18(3)12-13-19(11-5-2)24-28-27-17-30-24/h14-15,17-19H,4-13,16H2,1-3H3. The zero-order valence-corrected chi connectivity index (χ0v) is 19.4. The summed E-state index contributed by atoms with van der Waals surface area (Å²) >= 11 is 1.57. The minimum Gasteiger partial charge on any atom is -0.490 e. The number of rotatable bonds is 15. The van der Waals surface area contributed by atoms with E-state index in [0.717, 1.165) is 43.5 Å². The molecule has 0 N–H and O–H groups in total. The van der Waals surface area contributed by atoms with Crippen LogP contribution in [0.2, 0.25) is 0 Å². The van der Waals surface area contributed by atoms with Crippen molar-refractivity contribution in [3.8, 4) is 5.75 Å². The van der Waals surface area contributed by atoms with Gasteiger partial charge in [0.25, 0.3) is 0 Å². The zero-order chi connectivity index (χ0) is 21.8. The van der Waals surface area contributed by atoms with Crippen LogP contribution in [0.3, 0.4) is 0 Å². The Bertz CT molecular complexity index is 724. The van der Waals surface area contributed by atoms with Crippen LogP contribution in [0.4, 0.5) is 8.78 Å². The number of unbranched alkanes of at least 4 members (excludes halogenated alkanes) is 5. The van der Waals surface area contributed by atoms with Crippen LogP contribution >= 0.6 is 11.3 Å². The summed E-state index contributed by atoms with van der Waals surface area (Å²) in [6.07, 6.45) is 10.6. The molecule has 168 valence electrons. The maximum Gasteiger partial charge on any atom is 0.200 e. The number of aromatic nitrogens is 2. The minimum atomic E-state index is -0.862. The average Bonchev–Trinajstić information content (AvgIpc) is 3.28. The number of benzene rings is 1. The average molecular weight is 439 g/mol. The molecule has 1 heterocycles. The molecule has 3 nitrogen and oxygen atoms in total. The van der Waals surface area contributed by atoms with E-state index in [1.165, 1.54) is 25.7 Å². The van der Waals surface area contributed by atoms with E-state index < -0.39 is 11.6 Å². The Balaban J connectivity index is 1.87. The third kappa shape index (κ3) is 7.60. The molecule has 1 aromatic heterocycles. The van der Waals surface area contributed by atoms with Crippen LogP contribution in [0, 0.1) is 11.6 Å². The summed E-state index contributed by atoms with van der Waals surface area (Å²) in [4.78, 5) is 0. The first-order valence-corrected chi connectivity index (χ1v) is 12.3. The first-order valence-electron chi connectivity index (χ1n) is 11.4. The molecule has 0 radical (unpaired) electrons. The van der Waals surface area contributed by atoms with Crippen LogP contribution in [0.5, 0.6) is 5.75 Å². The highest BCUT2D eigenvalue weighted by Gasteiger charge is 2.21. The third-order valence-electron chi connectivity index (χ3n) is 5.67. The molecular weight excluding hydrogens is 402 g/mol. The van der Waals surface area contributed by atoms with Crippen molar-refractivity contribution in [2.75, 3.05) is 6.61 Å². The predicted octanol–water partition coefficient (Wildman–Crippen LogP) is 8.02. The predicted molar refractivity (Wildman–Crippen MR) is 120 cm³/mol. The number of hydrogen-bond donors (Lipinski definition) is 0. The molecule has 0 fully saturated rings. The largest absolute Gasteiger partial charge is 0.490 e. The lowest BCUT2D eigenvalue weighted by Crippen LogP contribution is -2.06. The summed E-state index contributed by atoms with van der Waals surface area (Å²) in [6.45, 7) is 6.72. The quantitative estimate of drug-likeness (QED) is 0.264. The monoisotopic (exact) mass is 438 g/mol. The fourth-order valence-corrected chi connectivity index (χ4v) is 4.53. The van der Waals surface area contributed by atoms with Gasteiger partial charge < -0.3 is 4.74 Å². The SMILES string of the molecule is CCCCCCCCOc1ccc(C(C)CCC(CCC)c2nncs2)c(F)c1F. The van der Waals surface area contributed by atoms with Crippen molar-refractivity contribution >= 4 is 11.3 Å². The van der Waals surface area contributed by atoms with Gasteiger partial charge in [-0.05, 0) is 43.2 Å². The van der Waals surface area contributed by atoms with Crippen molar-refractivity contribution in [1.82, 2.24) is 10.2 Å². The van der Waals surface area contributed by atoms with Crippen molar-refractivity contribution in [3.05, 3.63) is 39.8 Å². The molecule has 30 heavy (non-hydrogen) atoms. The number of hydrogen-bond acceptors (Lipinski definition) is 4. The minimum absolute atomic E-state index is 0.0229. The molecule has 0 aliphatic heterocycles. The van der Waals surface area contributed by atoms with E-state index in [1.54, 1.807) is 29.0 Å². The summed E-state index contributed by atoms with van der Waals surface area (Å²) in [5.41, 5.74) is 2.17. The number of halogens is 2. The zero-order valence-electron chi connectivity index (χ0n) is 18.6. The Kier molecular flexibility index (Phi) is 11.3. The Labute approximate surface area is 184 Å². The van der Waals surface area contributed by atoms with Crippen LogP contribution in [0.15, 0.2) is 17.6 Å². The maximum atomic E-state index is 14.7. The van der Waals surface area contributed by atoms with Crippen molar-refractivity contribution in [2.45, 2.75) is 96.8 Å². The van der Waals surface area contributed by atoms with E-state index in [4.69, 9.17) is 4.74 Å². The van der Waals surface area contributed by atoms with Gasteiger partial charge in [-0.15, -0.1) is 21.5 Å². The molecule has 2 rings (SSSR count). The molecule has 0 aliphatic rings. The Morgan fingerprint density at radius 2 is 1.70 bits per heavy atom. The van der Waals surface area contributed by atoms with Gasteiger partial charge in [-0.3, -0.25) is 0 Å². The summed E-state index contributed by atoms with van der Waals surface area (Å²) in [5.74, 6) is -1.35. The van der Waals surface area contributed by atoms with Gasteiger partial charge in [-0.1, -0.05) is 65.4 Å². The van der Waals surface area contributed by atoms with Crippen LogP contribution in [0.25, 0.3) is 0 Å². The molecular formula is C24H36F2N2OS. The highest BCUT2D eigenvalue weighted by atomic mass is 32.1. The van der Waals surface area contributed by atoms with Crippen LogP contribution < -0.4 is 4.74 Å². The van der Waals surface area contributed by atoms with E-state index in [9.17, 15) is 8.78 Å². The van der Waals surface area contributed by atoms with E-state index in [1.807, 2.05) is 6.92 Å². The van der Waals surface area contributed by atoms with Crippen molar-refractivity contribution in [1.29, 1.82) is 0 Å². The van der Waals surface area contributed by atoms with Crippen molar-refractivity contribution in [2.24, 2.45) is 0 Å². The van der Waals surface area contributed by atoms with Gasteiger partial charge in [0.1, 0.15) is 10.5 Å². The molecule has 0 saturated heterocycles. The van der Waals surface area contributed by atoms with Crippen molar-refractivity contribution in [3.63, 3.8) is 0 Å². The first-order chi connectivity index (χ1) is 14.6. The Morgan fingerprint density at radius 1 is 0.933 bits per heavy atom. The first kappa shape index (κ1) is 24.7.